The van der Waals surface area contributed by atoms with Gasteiger partial charge in [0.2, 0.25) is 11.7 Å². The summed E-state index contributed by atoms with van der Waals surface area (Å²) in [6.45, 7) is 2.83. The number of hydrogen-bond acceptors (Lipinski definition) is 10. The van der Waals surface area contributed by atoms with E-state index in [9.17, 15) is 0 Å². The van der Waals surface area contributed by atoms with Gasteiger partial charge >= 0.3 is 0 Å². The Bertz CT molecular complexity index is 765. The van der Waals surface area contributed by atoms with Crippen molar-refractivity contribution in [2.45, 2.75) is 6.42 Å². The van der Waals surface area contributed by atoms with Crippen LogP contribution >= 0.6 is 0 Å². The standard InChI is InChI=1S/C20H30N4O6/c1-25-4-5-28-6-7-29-8-9-30-18-16(26-2)11-14(12-17(18)27-3)10-15-13-23-20(22)24-19(15)21/h11-13H,4-10H2,1-3H3,(H4,21,22,23,24). The van der Waals surface area contributed by atoms with Crippen LogP contribution in [0.5, 0.6) is 17.2 Å². The van der Waals surface area contributed by atoms with Gasteiger partial charge in [0.1, 0.15) is 12.4 Å². The molecule has 1 aromatic heterocycles. The molecule has 4 N–H and O–H groups in total. The number of benzene rings is 1. The second-order valence-corrected chi connectivity index (χ2v) is 6.21. The van der Waals surface area contributed by atoms with Crippen molar-refractivity contribution in [1.82, 2.24) is 9.97 Å². The molecule has 0 aliphatic rings. The zero-order valence-electron chi connectivity index (χ0n) is 17.7. The van der Waals surface area contributed by atoms with E-state index in [4.69, 9.17) is 39.9 Å². The van der Waals surface area contributed by atoms with E-state index in [0.717, 1.165) is 11.1 Å². The van der Waals surface area contributed by atoms with Crippen LogP contribution in [0, 0.1) is 0 Å². The first-order chi connectivity index (χ1) is 14.6. The van der Waals surface area contributed by atoms with Gasteiger partial charge in [-0.1, -0.05) is 0 Å². The lowest BCUT2D eigenvalue weighted by molar-refractivity contribution is 0.0176. The van der Waals surface area contributed by atoms with Crippen molar-refractivity contribution in [3.8, 4) is 17.2 Å². The summed E-state index contributed by atoms with van der Waals surface area (Å²) in [5.41, 5.74) is 13.1. The molecule has 166 valence electrons. The van der Waals surface area contributed by atoms with E-state index in [1.165, 1.54) is 0 Å². The molecule has 2 aromatic rings. The maximum Gasteiger partial charge on any atom is 0.221 e. The highest BCUT2D eigenvalue weighted by atomic mass is 16.6. The topological polar surface area (TPSA) is 133 Å². The normalized spacial score (nSPS) is 10.8. The second kappa shape index (κ2) is 12.7. The zero-order valence-corrected chi connectivity index (χ0v) is 17.7. The first-order valence-corrected chi connectivity index (χ1v) is 9.48. The average Bonchev–Trinajstić information content (AvgIpc) is 2.74. The first kappa shape index (κ1) is 23.5. The minimum absolute atomic E-state index is 0.138. The lowest BCUT2D eigenvalue weighted by Crippen LogP contribution is -2.13. The third-order valence-corrected chi connectivity index (χ3v) is 4.11. The van der Waals surface area contributed by atoms with Crippen molar-refractivity contribution in [3.63, 3.8) is 0 Å². The Morgan fingerprint density at radius 1 is 0.833 bits per heavy atom. The summed E-state index contributed by atoms with van der Waals surface area (Å²) in [6.07, 6.45) is 2.10. The molecular weight excluding hydrogens is 392 g/mol. The molecular formula is C20H30N4O6. The van der Waals surface area contributed by atoms with Crippen molar-refractivity contribution in [2.24, 2.45) is 0 Å². The molecule has 1 aromatic carbocycles. The highest BCUT2D eigenvalue weighted by molar-refractivity contribution is 5.55. The van der Waals surface area contributed by atoms with Gasteiger partial charge in [-0.3, -0.25) is 0 Å². The fraction of sp³-hybridized carbons (Fsp3) is 0.500. The molecule has 0 saturated heterocycles. The van der Waals surface area contributed by atoms with Crippen molar-refractivity contribution in [1.29, 1.82) is 0 Å². The van der Waals surface area contributed by atoms with E-state index < -0.39 is 0 Å². The van der Waals surface area contributed by atoms with Gasteiger partial charge in [0.15, 0.2) is 11.5 Å². The minimum atomic E-state index is 0.138. The van der Waals surface area contributed by atoms with Gasteiger partial charge in [0, 0.05) is 25.3 Å². The molecule has 0 bridgehead atoms. The minimum Gasteiger partial charge on any atom is -0.493 e. The molecule has 0 unspecified atom stereocenters. The van der Waals surface area contributed by atoms with Gasteiger partial charge < -0.3 is 39.9 Å². The van der Waals surface area contributed by atoms with Crippen LogP contribution in [0.15, 0.2) is 18.3 Å². The van der Waals surface area contributed by atoms with Gasteiger partial charge in [0.25, 0.3) is 0 Å². The molecule has 10 nitrogen and oxygen atoms in total. The highest BCUT2D eigenvalue weighted by Crippen LogP contribution is 2.39. The third-order valence-electron chi connectivity index (χ3n) is 4.11. The monoisotopic (exact) mass is 422 g/mol. The smallest absolute Gasteiger partial charge is 0.221 e. The van der Waals surface area contributed by atoms with Gasteiger partial charge in [0.05, 0.1) is 47.3 Å². The fourth-order valence-electron chi connectivity index (χ4n) is 2.64. The summed E-state index contributed by atoms with van der Waals surface area (Å²) < 4.78 is 32.6. The Labute approximate surface area is 176 Å². The van der Waals surface area contributed by atoms with Gasteiger partial charge in [-0.2, -0.15) is 4.98 Å². The summed E-state index contributed by atoms with van der Waals surface area (Å²) in [5, 5.41) is 0. The summed E-state index contributed by atoms with van der Waals surface area (Å²) in [6, 6.07) is 3.72. The number of nitrogen functional groups attached to an aromatic ring is 2. The van der Waals surface area contributed by atoms with E-state index >= 15 is 0 Å². The van der Waals surface area contributed by atoms with Crippen LogP contribution in [0.1, 0.15) is 11.1 Å². The van der Waals surface area contributed by atoms with Crippen LogP contribution in [0.3, 0.4) is 0 Å². The Morgan fingerprint density at radius 3 is 2.00 bits per heavy atom. The Hall–Kier alpha value is -2.82. The third kappa shape index (κ3) is 7.21. The zero-order chi connectivity index (χ0) is 21.8. The lowest BCUT2D eigenvalue weighted by atomic mass is 10.1. The van der Waals surface area contributed by atoms with E-state index in [1.54, 1.807) is 27.5 Å². The van der Waals surface area contributed by atoms with Crippen LogP contribution in [0.4, 0.5) is 11.8 Å². The molecule has 0 aliphatic heterocycles. The quantitative estimate of drug-likeness (QED) is 0.429. The number of aromatic nitrogens is 2. The number of ether oxygens (including phenoxy) is 6. The average molecular weight is 422 g/mol. The molecule has 2 rings (SSSR count). The second-order valence-electron chi connectivity index (χ2n) is 6.21. The molecule has 0 atom stereocenters. The summed E-state index contributed by atoms with van der Waals surface area (Å²) in [5.74, 6) is 2.07. The Balaban J connectivity index is 1.94. The van der Waals surface area contributed by atoms with Gasteiger partial charge in [-0.25, -0.2) is 4.98 Å². The van der Waals surface area contributed by atoms with Crippen LogP contribution in [-0.4, -0.2) is 70.9 Å². The molecule has 10 heteroatoms. The number of methoxy groups -OCH3 is 3. The predicted molar refractivity (Wildman–Crippen MR) is 112 cm³/mol. The maximum absolute atomic E-state index is 5.93. The summed E-state index contributed by atoms with van der Waals surface area (Å²) in [4.78, 5) is 7.98. The summed E-state index contributed by atoms with van der Waals surface area (Å²) >= 11 is 0. The first-order valence-electron chi connectivity index (χ1n) is 9.48. The predicted octanol–water partition coefficient (Wildman–Crippen LogP) is 1.31. The Morgan fingerprint density at radius 2 is 1.43 bits per heavy atom. The van der Waals surface area contributed by atoms with Crippen LogP contribution in [0.25, 0.3) is 0 Å². The number of rotatable bonds is 14. The molecule has 0 radical (unpaired) electrons. The van der Waals surface area contributed by atoms with E-state index in [-0.39, 0.29) is 5.95 Å². The van der Waals surface area contributed by atoms with E-state index in [2.05, 4.69) is 9.97 Å². The largest absolute Gasteiger partial charge is 0.493 e. The van der Waals surface area contributed by atoms with E-state index in [1.807, 2.05) is 12.1 Å². The molecule has 30 heavy (non-hydrogen) atoms. The highest BCUT2D eigenvalue weighted by Gasteiger charge is 2.15. The van der Waals surface area contributed by atoms with Gasteiger partial charge in [-0.05, 0) is 17.7 Å². The number of hydrogen-bond donors (Lipinski definition) is 2. The van der Waals surface area contributed by atoms with Crippen molar-refractivity contribution >= 4 is 11.8 Å². The van der Waals surface area contributed by atoms with Crippen molar-refractivity contribution in [3.05, 3.63) is 29.5 Å². The number of nitrogens with zero attached hydrogens (tertiary/aromatic N) is 2. The SMILES string of the molecule is COCCOCCOCCOc1c(OC)cc(Cc2cnc(N)nc2N)cc1OC. The molecule has 0 spiro atoms. The number of nitrogens with two attached hydrogens (primary N) is 2. The maximum atomic E-state index is 5.93. The fourth-order valence-corrected chi connectivity index (χ4v) is 2.64. The van der Waals surface area contributed by atoms with Crippen LogP contribution < -0.4 is 25.7 Å². The molecule has 0 amide bonds. The van der Waals surface area contributed by atoms with Gasteiger partial charge in [-0.15, -0.1) is 0 Å². The van der Waals surface area contributed by atoms with E-state index in [0.29, 0.717) is 69.1 Å². The number of anilines is 2. The van der Waals surface area contributed by atoms with Crippen LogP contribution in [-0.2, 0) is 20.6 Å². The molecule has 0 fully saturated rings. The van der Waals surface area contributed by atoms with Crippen molar-refractivity contribution < 1.29 is 28.4 Å². The molecule has 0 aliphatic carbocycles. The van der Waals surface area contributed by atoms with Crippen molar-refractivity contribution in [2.75, 3.05) is 72.4 Å². The molecule has 1 heterocycles. The lowest BCUT2D eigenvalue weighted by Gasteiger charge is -2.16. The molecule has 0 saturated carbocycles. The summed E-state index contributed by atoms with van der Waals surface area (Å²) in [7, 11) is 4.77. The van der Waals surface area contributed by atoms with Crippen LogP contribution in [0.2, 0.25) is 0 Å². The Kier molecular flexibility index (Phi) is 9.92.